The van der Waals surface area contributed by atoms with Crippen molar-refractivity contribution in [2.45, 2.75) is 54.9 Å². The SMILES string of the molecule is C[C@H](NS(=O)(=O)c1ccc(CCC(=O)NCCc2ccc(S(=O)(=O)N3CCCC3)cc2)cc1)c1ccccc1. The first-order valence-corrected chi connectivity index (χ1v) is 16.1. The van der Waals surface area contributed by atoms with Crippen molar-refractivity contribution >= 4 is 26.0 Å². The van der Waals surface area contributed by atoms with Gasteiger partial charge >= 0.3 is 0 Å². The number of amides is 1. The van der Waals surface area contributed by atoms with Gasteiger partial charge in [-0.3, -0.25) is 4.79 Å². The van der Waals surface area contributed by atoms with Gasteiger partial charge in [0.25, 0.3) is 0 Å². The molecule has 1 aliphatic rings. The summed E-state index contributed by atoms with van der Waals surface area (Å²) < 4.78 is 55.0. The van der Waals surface area contributed by atoms with Crippen molar-refractivity contribution in [3.05, 3.63) is 95.6 Å². The molecule has 10 heteroatoms. The highest BCUT2D eigenvalue weighted by atomic mass is 32.2. The standard InChI is InChI=1S/C29H35N3O5S2/c1-23(26-7-3-2-4-8-26)31-38(34,35)27-14-9-24(10-15-27)13-18-29(33)30-20-19-25-11-16-28(17-12-25)39(36,37)32-21-5-6-22-32/h2-4,7-12,14-17,23,31H,5-6,13,18-22H2,1H3,(H,30,33)/t23-/m0/s1. The maximum absolute atomic E-state index is 12.7. The molecule has 39 heavy (non-hydrogen) atoms. The number of benzene rings is 3. The maximum atomic E-state index is 12.7. The minimum absolute atomic E-state index is 0.0988. The molecule has 4 rings (SSSR count). The van der Waals surface area contributed by atoms with Gasteiger partial charge in [0.05, 0.1) is 9.79 Å². The van der Waals surface area contributed by atoms with Crippen molar-refractivity contribution in [2.75, 3.05) is 19.6 Å². The molecule has 1 heterocycles. The number of hydrogen-bond acceptors (Lipinski definition) is 5. The lowest BCUT2D eigenvalue weighted by atomic mass is 10.1. The van der Waals surface area contributed by atoms with Gasteiger partial charge in [-0.25, -0.2) is 21.6 Å². The molecule has 8 nitrogen and oxygen atoms in total. The molecule has 1 fully saturated rings. The van der Waals surface area contributed by atoms with Gasteiger partial charge in [-0.1, -0.05) is 54.6 Å². The van der Waals surface area contributed by atoms with Gasteiger partial charge in [0.2, 0.25) is 26.0 Å². The molecule has 0 radical (unpaired) electrons. The van der Waals surface area contributed by atoms with E-state index >= 15 is 0 Å². The number of sulfonamides is 2. The lowest BCUT2D eigenvalue weighted by Crippen LogP contribution is -2.28. The van der Waals surface area contributed by atoms with Crippen LogP contribution >= 0.6 is 0 Å². The van der Waals surface area contributed by atoms with E-state index in [1.165, 1.54) is 4.31 Å². The fourth-order valence-corrected chi connectivity index (χ4v) is 7.29. The van der Waals surface area contributed by atoms with Gasteiger partial charge in [-0.2, -0.15) is 4.31 Å². The molecule has 1 saturated heterocycles. The molecule has 1 aliphatic heterocycles. The summed E-state index contributed by atoms with van der Waals surface area (Å²) >= 11 is 0. The van der Waals surface area contributed by atoms with Crippen molar-refractivity contribution in [1.29, 1.82) is 0 Å². The first-order valence-electron chi connectivity index (χ1n) is 13.2. The van der Waals surface area contributed by atoms with Crippen molar-refractivity contribution in [1.82, 2.24) is 14.3 Å². The Kier molecular flexibility index (Phi) is 9.55. The number of nitrogens with one attached hydrogen (secondary N) is 2. The summed E-state index contributed by atoms with van der Waals surface area (Å²) in [5, 5.41) is 2.89. The van der Waals surface area contributed by atoms with Crippen molar-refractivity contribution in [3.8, 4) is 0 Å². The van der Waals surface area contributed by atoms with Gasteiger partial charge in [0.15, 0.2) is 0 Å². The zero-order valence-corrected chi connectivity index (χ0v) is 23.7. The first kappa shape index (κ1) is 28.9. The molecular formula is C29H35N3O5S2. The molecule has 0 bridgehead atoms. The second kappa shape index (κ2) is 12.9. The Labute approximate surface area is 231 Å². The highest BCUT2D eigenvalue weighted by Crippen LogP contribution is 2.21. The highest BCUT2D eigenvalue weighted by Gasteiger charge is 2.26. The van der Waals surface area contributed by atoms with Crippen LogP contribution < -0.4 is 10.0 Å². The molecule has 0 unspecified atom stereocenters. The molecule has 3 aromatic rings. The van der Waals surface area contributed by atoms with Gasteiger partial charge in [0.1, 0.15) is 0 Å². The van der Waals surface area contributed by atoms with Crippen LogP contribution in [0.1, 0.15) is 48.9 Å². The normalized spacial score (nSPS) is 15.2. The second-order valence-electron chi connectivity index (χ2n) is 9.75. The van der Waals surface area contributed by atoms with E-state index in [9.17, 15) is 21.6 Å². The Hall–Kier alpha value is -3.05. The summed E-state index contributed by atoms with van der Waals surface area (Å²) in [4.78, 5) is 12.8. The van der Waals surface area contributed by atoms with E-state index in [1.54, 1.807) is 55.5 Å². The van der Waals surface area contributed by atoms with Crippen LogP contribution in [0.2, 0.25) is 0 Å². The number of hydrogen-bond donors (Lipinski definition) is 2. The van der Waals surface area contributed by atoms with Crippen LogP contribution in [0.15, 0.2) is 88.7 Å². The summed E-state index contributed by atoms with van der Waals surface area (Å²) in [5.41, 5.74) is 2.70. The Bertz CT molecular complexity index is 1450. The van der Waals surface area contributed by atoms with Crippen LogP contribution in [0.4, 0.5) is 0 Å². The summed E-state index contributed by atoms with van der Waals surface area (Å²) in [6.45, 7) is 3.39. The number of rotatable bonds is 12. The quantitative estimate of drug-likeness (QED) is 0.345. The van der Waals surface area contributed by atoms with E-state index in [0.717, 1.165) is 29.5 Å². The second-order valence-corrected chi connectivity index (χ2v) is 13.4. The third kappa shape index (κ3) is 7.76. The molecule has 0 aromatic heterocycles. The molecule has 1 amide bonds. The van der Waals surface area contributed by atoms with Crippen molar-refractivity contribution < 1.29 is 21.6 Å². The molecule has 2 N–H and O–H groups in total. The van der Waals surface area contributed by atoms with Gasteiger partial charge in [0, 0.05) is 32.1 Å². The molecular weight excluding hydrogens is 534 g/mol. The molecule has 208 valence electrons. The third-order valence-corrected chi connectivity index (χ3v) is 10.3. The maximum Gasteiger partial charge on any atom is 0.243 e. The van der Waals surface area contributed by atoms with E-state index in [4.69, 9.17) is 0 Å². The van der Waals surface area contributed by atoms with E-state index in [1.807, 2.05) is 30.3 Å². The first-order chi connectivity index (χ1) is 18.6. The summed E-state index contributed by atoms with van der Waals surface area (Å²) in [6, 6.07) is 22.4. The molecule has 0 spiro atoms. The minimum atomic E-state index is -3.67. The molecule has 3 aromatic carbocycles. The van der Waals surface area contributed by atoms with E-state index < -0.39 is 20.0 Å². The van der Waals surface area contributed by atoms with Crippen LogP contribution in [-0.2, 0) is 37.7 Å². The third-order valence-electron chi connectivity index (χ3n) is 6.87. The Morgan fingerprint density at radius 2 is 1.36 bits per heavy atom. The van der Waals surface area contributed by atoms with Crippen LogP contribution in [0.3, 0.4) is 0 Å². The van der Waals surface area contributed by atoms with Gasteiger partial charge in [-0.15, -0.1) is 0 Å². The average Bonchev–Trinajstić information content (AvgIpc) is 3.49. The van der Waals surface area contributed by atoms with E-state index in [0.29, 0.717) is 37.4 Å². The Morgan fingerprint density at radius 1 is 0.795 bits per heavy atom. The summed E-state index contributed by atoms with van der Waals surface area (Å²) in [5.74, 6) is -0.0988. The van der Waals surface area contributed by atoms with Crippen molar-refractivity contribution in [2.24, 2.45) is 0 Å². The monoisotopic (exact) mass is 569 g/mol. The Balaban J connectivity index is 1.21. The van der Waals surface area contributed by atoms with Crippen LogP contribution in [0.5, 0.6) is 0 Å². The predicted octanol–water partition coefficient (Wildman–Crippen LogP) is 3.80. The average molecular weight is 570 g/mol. The van der Waals surface area contributed by atoms with E-state index in [2.05, 4.69) is 10.0 Å². The summed E-state index contributed by atoms with van der Waals surface area (Å²) in [7, 11) is -7.10. The predicted molar refractivity (Wildman–Crippen MR) is 151 cm³/mol. The van der Waals surface area contributed by atoms with Crippen LogP contribution in [0.25, 0.3) is 0 Å². The number of nitrogens with zero attached hydrogens (tertiary/aromatic N) is 1. The van der Waals surface area contributed by atoms with E-state index in [-0.39, 0.29) is 23.3 Å². The fraction of sp³-hybridized carbons (Fsp3) is 0.345. The van der Waals surface area contributed by atoms with Gasteiger partial charge in [-0.05, 0) is 73.6 Å². The molecule has 1 atom stereocenters. The molecule has 0 aliphatic carbocycles. The smallest absolute Gasteiger partial charge is 0.243 e. The summed E-state index contributed by atoms with van der Waals surface area (Å²) in [6.07, 6.45) is 3.16. The Morgan fingerprint density at radius 3 is 1.97 bits per heavy atom. The van der Waals surface area contributed by atoms with Gasteiger partial charge < -0.3 is 5.32 Å². The number of carbonyl (C=O) groups is 1. The largest absolute Gasteiger partial charge is 0.356 e. The number of carbonyl (C=O) groups excluding carboxylic acids is 1. The lowest BCUT2D eigenvalue weighted by Gasteiger charge is -2.15. The lowest BCUT2D eigenvalue weighted by molar-refractivity contribution is -0.121. The zero-order valence-electron chi connectivity index (χ0n) is 22.0. The highest BCUT2D eigenvalue weighted by molar-refractivity contribution is 7.89. The fourth-order valence-electron chi connectivity index (χ4n) is 4.54. The molecule has 0 saturated carbocycles. The van der Waals surface area contributed by atoms with Crippen molar-refractivity contribution in [3.63, 3.8) is 0 Å². The topological polar surface area (TPSA) is 113 Å². The van der Waals surface area contributed by atoms with Crippen LogP contribution in [0, 0.1) is 0 Å². The minimum Gasteiger partial charge on any atom is -0.356 e. The zero-order chi connectivity index (χ0) is 27.9. The van der Waals surface area contributed by atoms with Crippen LogP contribution in [-0.4, -0.2) is 46.7 Å². The number of aryl methyl sites for hydroxylation is 1.